The van der Waals surface area contributed by atoms with Gasteiger partial charge in [-0.15, -0.1) is 0 Å². The highest BCUT2D eigenvalue weighted by Crippen LogP contribution is 3.02. The molecule has 1 aromatic carbocycles. The smallest absolute Gasteiger partial charge is 0.310 e. The van der Waals surface area contributed by atoms with E-state index < -0.39 is 20.9 Å². The number of hydrogen-bond acceptors (Lipinski definition) is 2. The van der Waals surface area contributed by atoms with Gasteiger partial charge in [-0.25, -0.2) is 0 Å². The molecular weight excluding hydrogens is 253 g/mol. The molecule has 0 saturated carbocycles. The van der Waals surface area contributed by atoms with E-state index >= 15 is 0 Å². The Kier molecular flexibility index (Phi) is 2.45. The van der Waals surface area contributed by atoms with Crippen LogP contribution in [0, 0.1) is 0 Å². The van der Waals surface area contributed by atoms with Crippen LogP contribution in [0.2, 0.25) is 0 Å². The zero-order valence-electron chi connectivity index (χ0n) is 7.97. The fourth-order valence-electron chi connectivity index (χ4n) is 1.16. The minimum absolute atomic E-state index is 0.0443. The van der Waals surface area contributed by atoms with Gasteiger partial charge in [0.2, 0.25) is 0 Å². The van der Waals surface area contributed by atoms with Crippen molar-refractivity contribution in [3.05, 3.63) is 23.8 Å². The Hall–Kier alpha value is -1.02. The van der Waals surface area contributed by atoms with Crippen molar-refractivity contribution in [2.75, 3.05) is 6.54 Å². The Morgan fingerprint density at radius 3 is 2.12 bits per heavy atom. The maximum atomic E-state index is 12.4. The molecule has 0 unspecified atom stereocenters. The van der Waals surface area contributed by atoms with Crippen LogP contribution < -0.4 is 5.73 Å². The zero-order chi connectivity index (χ0) is 12.7. The summed E-state index contributed by atoms with van der Waals surface area (Å²) >= 11 is 0. The second-order valence-corrected chi connectivity index (χ2v) is 5.71. The number of rotatable bonds is 3. The molecule has 0 atom stereocenters. The first kappa shape index (κ1) is 13.0. The van der Waals surface area contributed by atoms with Crippen LogP contribution in [0.1, 0.15) is 5.56 Å². The molecule has 1 aromatic rings. The van der Waals surface area contributed by atoms with Crippen molar-refractivity contribution in [1.82, 2.24) is 0 Å². The Morgan fingerprint density at radius 2 is 1.69 bits per heavy atom. The van der Waals surface area contributed by atoms with Crippen LogP contribution >= 0.6 is 10.2 Å². The summed E-state index contributed by atoms with van der Waals surface area (Å²) in [6.45, 7) is -0.0443. The molecular formula is C8H10F5NOS. The number of aromatic hydroxyl groups is 1. The van der Waals surface area contributed by atoms with Crippen LogP contribution in [0.4, 0.5) is 19.4 Å². The van der Waals surface area contributed by atoms with E-state index in [1.807, 2.05) is 0 Å². The molecule has 2 nitrogen and oxygen atoms in total. The second kappa shape index (κ2) is 3.01. The summed E-state index contributed by atoms with van der Waals surface area (Å²) in [6, 6.07) is 0.999. The lowest BCUT2D eigenvalue weighted by molar-refractivity contribution is 0.363. The number of halogens is 5. The summed E-state index contributed by atoms with van der Waals surface area (Å²) < 4.78 is 61.9. The van der Waals surface area contributed by atoms with Crippen molar-refractivity contribution in [3.63, 3.8) is 0 Å². The van der Waals surface area contributed by atoms with E-state index in [4.69, 9.17) is 10.8 Å². The Balaban J connectivity index is 3.35. The molecule has 1 rings (SSSR count). The van der Waals surface area contributed by atoms with Gasteiger partial charge < -0.3 is 10.8 Å². The van der Waals surface area contributed by atoms with Gasteiger partial charge in [0.1, 0.15) is 10.6 Å². The summed E-state index contributed by atoms with van der Waals surface area (Å²) in [6.07, 6.45) is -0.104. The Bertz CT molecular complexity index is 415. The molecule has 0 aromatic heterocycles. The SMILES string of the molecule is NCCc1cc(S(F)(F)(F)(F)F)ccc1O. The van der Waals surface area contributed by atoms with E-state index in [9.17, 15) is 19.4 Å². The molecule has 0 aliphatic carbocycles. The third-order valence-corrected chi connectivity index (χ3v) is 3.05. The lowest BCUT2D eigenvalue weighted by Crippen LogP contribution is -2.08. The van der Waals surface area contributed by atoms with Crippen molar-refractivity contribution >= 4 is 10.2 Å². The number of phenols is 1. The molecule has 8 heteroatoms. The van der Waals surface area contributed by atoms with E-state index in [2.05, 4.69) is 0 Å². The van der Waals surface area contributed by atoms with Gasteiger partial charge in [-0.1, -0.05) is 19.4 Å². The van der Waals surface area contributed by atoms with Crippen LogP contribution in [0.5, 0.6) is 5.75 Å². The Morgan fingerprint density at radius 1 is 1.12 bits per heavy atom. The number of nitrogens with two attached hydrogens (primary N) is 1. The first-order chi connectivity index (χ1) is 6.94. The molecule has 94 valence electrons. The van der Waals surface area contributed by atoms with Gasteiger partial charge in [0.15, 0.2) is 0 Å². The first-order valence-corrected chi connectivity index (χ1v) is 6.15. The van der Waals surface area contributed by atoms with Crippen molar-refractivity contribution in [2.24, 2.45) is 5.73 Å². The average molecular weight is 263 g/mol. The minimum atomic E-state index is -9.67. The molecule has 0 heterocycles. The molecule has 16 heavy (non-hydrogen) atoms. The first-order valence-electron chi connectivity index (χ1n) is 4.20. The topological polar surface area (TPSA) is 46.2 Å². The average Bonchev–Trinajstić information content (AvgIpc) is 2.04. The van der Waals surface area contributed by atoms with Crippen molar-refractivity contribution in [3.8, 4) is 5.75 Å². The summed E-state index contributed by atoms with van der Waals surface area (Å²) in [5, 5.41) is 9.15. The highest BCUT2D eigenvalue weighted by Gasteiger charge is 2.65. The molecule has 0 spiro atoms. The van der Waals surface area contributed by atoms with Gasteiger partial charge in [0, 0.05) is 0 Å². The highest BCUT2D eigenvalue weighted by molar-refractivity contribution is 8.45. The quantitative estimate of drug-likeness (QED) is 0.819. The van der Waals surface area contributed by atoms with E-state index in [0.717, 1.165) is 0 Å². The number of hydrogen-bond donors (Lipinski definition) is 2. The lowest BCUT2D eigenvalue weighted by atomic mass is 10.1. The molecule has 0 amide bonds. The van der Waals surface area contributed by atoms with Crippen LogP contribution in [-0.4, -0.2) is 11.7 Å². The summed E-state index contributed by atoms with van der Waals surface area (Å²) in [4.78, 5) is -2.01. The zero-order valence-corrected chi connectivity index (χ0v) is 8.79. The number of benzene rings is 1. The highest BCUT2D eigenvalue weighted by atomic mass is 32.5. The molecule has 0 aliphatic heterocycles. The van der Waals surface area contributed by atoms with E-state index in [1.165, 1.54) is 0 Å². The third-order valence-electron chi connectivity index (χ3n) is 1.91. The van der Waals surface area contributed by atoms with E-state index in [0.29, 0.717) is 6.07 Å². The predicted molar refractivity (Wildman–Crippen MR) is 52.3 cm³/mol. The maximum absolute atomic E-state index is 12.4. The van der Waals surface area contributed by atoms with E-state index in [-0.39, 0.29) is 30.7 Å². The summed E-state index contributed by atoms with van der Waals surface area (Å²) in [5.41, 5.74) is 4.84. The molecule has 0 fully saturated rings. The Labute approximate surface area is 88.6 Å². The summed E-state index contributed by atoms with van der Waals surface area (Å²) in [7, 11) is -9.67. The molecule has 0 saturated heterocycles. The van der Waals surface area contributed by atoms with Gasteiger partial charge in [-0.05, 0) is 36.7 Å². The second-order valence-electron chi connectivity index (χ2n) is 3.30. The number of phenolic OH excluding ortho intramolecular Hbond substituents is 1. The van der Waals surface area contributed by atoms with Gasteiger partial charge in [-0.3, -0.25) is 0 Å². The normalized spacial score (nSPS) is 16.6. The third kappa shape index (κ3) is 2.99. The molecule has 0 aliphatic rings. The monoisotopic (exact) mass is 263 g/mol. The van der Waals surface area contributed by atoms with Crippen molar-refractivity contribution in [2.45, 2.75) is 11.3 Å². The molecule has 0 radical (unpaired) electrons. The van der Waals surface area contributed by atoms with Gasteiger partial charge >= 0.3 is 10.2 Å². The van der Waals surface area contributed by atoms with Crippen molar-refractivity contribution < 1.29 is 24.5 Å². The van der Waals surface area contributed by atoms with Crippen LogP contribution in [0.15, 0.2) is 23.1 Å². The van der Waals surface area contributed by atoms with Gasteiger partial charge in [0.25, 0.3) is 0 Å². The van der Waals surface area contributed by atoms with Crippen molar-refractivity contribution in [1.29, 1.82) is 0 Å². The molecule has 0 bridgehead atoms. The molecule has 3 N–H and O–H groups in total. The predicted octanol–water partition coefficient (Wildman–Crippen LogP) is 3.55. The fraction of sp³-hybridized carbons (Fsp3) is 0.250. The summed E-state index contributed by atoms with van der Waals surface area (Å²) in [5.74, 6) is -0.476. The minimum Gasteiger partial charge on any atom is -0.508 e. The van der Waals surface area contributed by atoms with Crippen LogP contribution in [-0.2, 0) is 6.42 Å². The maximum Gasteiger partial charge on any atom is 0.310 e. The van der Waals surface area contributed by atoms with Crippen LogP contribution in [0.3, 0.4) is 0 Å². The van der Waals surface area contributed by atoms with E-state index in [1.54, 1.807) is 0 Å². The van der Waals surface area contributed by atoms with Crippen LogP contribution in [0.25, 0.3) is 0 Å². The fourth-order valence-corrected chi connectivity index (χ4v) is 1.85. The standard InChI is InChI=1S/C8H10F5NOS/c9-16(10,11,12,13)7-1-2-8(15)6(5-7)3-4-14/h1-2,5,15H,3-4,14H2. The van der Waals surface area contributed by atoms with Gasteiger partial charge in [0.05, 0.1) is 0 Å². The van der Waals surface area contributed by atoms with Gasteiger partial charge in [-0.2, -0.15) is 0 Å². The largest absolute Gasteiger partial charge is 0.508 e. The lowest BCUT2D eigenvalue weighted by Gasteiger charge is -2.40.